The molecule has 3 aliphatic rings. The molecule has 1 saturated heterocycles. The van der Waals surface area contributed by atoms with Crippen LogP contribution in [-0.2, 0) is 19.1 Å². The Hall–Kier alpha value is -3.39. The molecular weight excluding hydrogens is 436 g/mol. The number of aliphatic carboxylic acids is 1. The first-order chi connectivity index (χ1) is 16.3. The zero-order valence-corrected chi connectivity index (χ0v) is 19.0. The number of carboxylic acids is 1. The SMILES string of the molecule is CC1(C(=O)O)COCC1NC(=O)CC1(NC(=O)OCC2c3ccccc3-c3ccccc32)CC1. The van der Waals surface area contributed by atoms with Crippen molar-refractivity contribution in [2.75, 3.05) is 19.8 Å². The molecule has 0 bridgehead atoms. The predicted molar refractivity (Wildman–Crippen MR) is 123 cm³/mol. The average Bonchev–Trinajstić information content (AvgIpc) is 3.33. The Morgan fingerprint density at radius 1 is 1.06 bits per heavy atom. The lowest BCUT2D eigenvalue weighted by Crippen LogP contribution is -2.51. The fourth-order valence-electron chi connectivity index (χ4n) is 4.99. The summed E-state index contributed by atoms with van der Waals surface area (Å²) in [5, 5.41) is 15.1. The van der Waals surface area contributed by atoms with Crippen molar-refractivity contribution >= 4 is 18.0 Å². The van der Waals surface area contributed by atoms with Gasteiger partial charge in [-0.25, -0.2) is 4.79 Å². The number of rotatable bonds is 7. The highest BCUT2D eigenvalue weighted by Crippen LogP contribution is 2.45. The van der Waals surface area contributed by atoms with Crippen LogP contribution in [0.3, 0.4) is 0 Å². The zero-order chi connectivity index (χ0) is 23.9. The number of carboxylic acid groups (broad SMARTS) is 1. The summed E-state index contributed by atoms with van der Waals surface area (Å²) in [6.45, 7) is 1.98. The van der Waals surface area contributed by atoms with Gasteiger partial charge in [0.1, 0.15) is 12.0 Å². The maximum Gasteiger partial charge on any atom is 0.407 e. The van der Waals surface area contributed by atoms with Crippen LogP contribution >= 0.6 is 0 Å². The Balaban J connectivity index is 1.17. The third kappa shape index (κ3) is 4.03. The second-order valence-electron chi connectivity index (χ2n) is 9.77. The average molecular weight is 465 g/mol. The molecule has 8 heteroatoms. The minimum atomic E-state index is -1.16. The van der Waals surface area contributed by atoms with Crippen LogP contribution in [0.15, 0.2) is 48.5 Å². The van der Waals surface area contributed by atoms with Gasteiger partial charge in [-0.3, -0.25) is 9.59 Å². The summed E-state index contributed by atoms with van der Waals surface area (Å²) in [5.41, 5.74) is 2.78. The third-order valence-corrected chi connectivity index (χ3v) is 7.34. The molecule has 178 valence electrons. The largest absolute Gasteiger partial charge is 0.481 e. The van der Waals surface area contributed by atoms with E-state index in [0.29, 0.717) is 12.8 Å². The Bertz CT molecular complexity index is 1100. The first kappa shape index (κ1) is 22.4. The highest BCUT2D eigenvalue weighted by molar-refractivity contribution is 5.82. The number of fused-ring (bicyclic) bond motifs is 3. The van der Waals surface area contributed by atoms with Crippen molar-refractivity contribution in [2.45, 2.75) is 43.7 Å². The molecule has 1 heterocycles. The minimum Gasteiger partial charge on any atom is -0.481 e. The number of amides is 2. The third-order valence-electron chi connectivity index (χ3n) is 7.34. The normalized spacial score (nSPS) is 24.1. The van der Waals surface area contributed by atoms with Gasteiger partial charge in [0.25, 0.3) is 0 Å². The van der Waals surface area contributed by atoms with E-state index < -0.39 is 29.1 Å². The lowest BCUT2D eigenvalue weighted by molar-refractivity contribution is -0.149. The van der Waals surface area contributed by atoms with E-state index in [9.17, 15) is 19.5 Å². The van der Waals surface area contributed by atoms with E-state index in [1.165, 1.54) is 0 Å². The van der Waals surface area contributed by atoms with E-state index in [0.717, 1.165) is 22.3 Å². The van der Waals surface area contributed by atoms with Gasteiger partial charge >= 0.3 is 12.1 Å². The second kappa shape index (κ2) is 8.43. The Morgan fingerprint density at radius 3 is 2.26 bits per heavy atom. The highest BCUT2D eigenvalue weighted by atomic mass is 16.5. The highest BCUT2D eigenvalue weighted by Gasteiger charge is 2.50. The molecule has 2 unspecified atom stereocenters. The maximum atomic E-state index is 12.6. The van der Waals surface area contributed by atoms with Gasteiger partial charge in [0.2, 0.25) is 5.91 Å². The van der Waals surface area contributed by atoms with Crippen LogP contribution < -0.4 is 10.6 Å². The molecule has 2 atom stereocenters. The van der Waals surface area contributed by atoms with Crippen LogP contribution in [0.4, 0.5) is 4.79 Å². The Labute approximate surface area is 197 Å². The van der Waals surface area contributed by atoms with Gasteiger partial charge in [-0.1, -0.05) is 48.5 Å². The van der Waals surface area contributed by atoms with Crippen molar-refractivity contribution in [2.24, 2.45) is 5.41 Å². The van der Waals surface area contributed by atoms with Crippen molar-refractivity contribution in [3.63, 3.8) is 0 Å². The topological polar surface area (TPSA) is 114 Å². The summed E-state index contributed by atoms with van der Waals surface area (Å²) < 4.78 is 10.9. The monoisotopic (exact) mass is 464 g/mol. The summed E-state index contributed by atoms with van der Waals surface area (Å²) in [6.07, 6.45) is 0.861. The van der Waals surface area contributed by atoms with Crippen molar-refractivity contribution in [3.05, 3.63) is 59.7 Å². The van der Waals surface area contributed by atoms with Crippen LogP contribution in [-0.4, -0.2) is 54.5 Å². The molecule has 2 aromatic carbocycles. The molecule has 0 radical (unpaired) electrons. The van der Waals surface area contributed by atoms with Gasteiger partial charge in [-0.15, -0.1) is 0 Å². The number of alkyl carbamates (subject to hydrolysis) is 1. The van der Waals surface area contributed by atoms with E-state index in [4.69, 9.17) is 9.47 Å². The molecule has 2 fully saturated rings. The van der Waals surface area contributed by atoms with Gasteiger partial charge in [0.05, 0.1) is 24.8 Å². The quantitative estimate of drug-likeness (QED) is 0.580. The molecule has 5 rings (SSSR count). The molecule has 2 aliphatic carbocycles. The summed E-state index contributed by atoms with van der Waals surface area (Å²) in [7, 11) is 0. The lowest BCUT2D eigenvalue weighted by Gasteiger charge is -2.26. The number of carbonyl (C=O) groups is 3. The molecule has 0 aromatic heterocycles. The summed E-state index contributed by atoms with van der Waals surface area (Å²) in [4.78, 5) is 36.9. The van der Waals surface area contributed by atoms with Crippen molar-refractivity contribution in [3.8, 4) is 11.1 Å². The molecule has 2 aromatic rings. The van der Waals surface area contributed by atoms with Gasteiger partial charge in [0, 0.05) is 12.3 Å². The van der Waals surface area contributed by atoms with E-state index in [1.807, 2.05) is 24.3 Å². The molecule has 1 saturated carbocycles. The molecule has 34 heavy (non-hydrogen) atoms. The van der Waals surface area contributed by atoms with Crippen LogP contribution in [0.5, 0.6) is 0 Å². The van der Waals surface area contributed by atoms with Gasteiger partial charge in [-0.05, 0) is 42.0 Å². The van der Waals surface area contributed by atoms with Crippen molar-refractivity contribution in [1.29, 1.82) is 0 Å². The molecular formula is C26H28N2O6. The zero-order valence-electron chi connectivity index (χ0n) is 19.0. The van der Waals surface area contributed by atoms with Crippen molar-refractivity contribution in [1.82, 2.24) is 10.6 Å². The van der Waals surface area contributed by atoms with E-state index >= 15 is 0 Å². The van der Waals surface area contributed by atoms with Gasteiger partial charge in [0.15, 0.2) is 0 Å². The predicted octanol–water partition coefficient (Wildman–Crippen LogP) is 3.05. The number of ether oxygens (including phenoxy) is 2. The number of benzene rings is 2. The van der Waals surface area contributed by atoms with Gasteiger partial charge in [-0.2, -0.15) is 0 Å². The maximum absolute atomic E-state index is 12.6. The van der Waals surface area contributed by atoms with E-state index in [2.05, 4.69) is 34.9 Å². The minimum absolute atomic E-state index is 0.0346. The Morgan fingerprint density at radius 2 is 1.68 bits per heavy atom. The number of hydrogen-bond acceptors (Lipinski definition) is 5. The first-order valence-electron chi connectivity index (χ1n) is 11.5. The van der Waals surface area contributed by atoms with Gasteiger partial charge < -0.3 is 25.2 Å². The first-order valence-corrected chi connectivity index (χ1v) is 11.5. The van der Waals surface area contributed by atoms with Crippen LogP contribution in [0.1, 0.15) is 43.2 Å². The fourth-order valence-corrected chi connectivity index (χ4v) is 4.99. The number of hydrogen-bond donors (Lipinski definition) is 3. The van der Waals surface area contributed by atoms with E-state index in [1.54, 1.807) is 6.92 Å². The number of carbonyl (C=O) groups excluding carboxylic acids is 2. The molecule has 1 aliphatic heterocycles. The second-order valence-corrected chi connectivity index (χ2v) is 9.77. The smallest absolute Gasteiger partial charge is 0.407 e. The summed E-state index contributed by atoms with van der Waals surface area (Å²) in [6, 6.07) is 15.7. The van der Waals surface area contributed by atoms with E-state index in [-0.39, 0.29) is 38.1 Å². The molecule has 2 amide bonds. The summed E-state index contributed by atoms with van der Waals surface area (Å²) in [5.74, 6) is -1.35. The Kier molecular flexibility index (Phi) is 5.56. The standard InChI is InChI=1S/C26H28N2O6/c1-25(23(30)31)15-33-14-21(25)27-22(29)12-26(10-11-26)28-24(32)34-13-20-18-8-4-2-6-16(18)17-7-3-5-9-19(17)20/h2-9,20-21H,10-15H2,1H3,(H,27,29)(H,28,32)(H,30,31). The molecule has 3 N–H and O–H groups in total. The van der Waals surface area contributed by atoms with Crippen LogP contribution in [0.25, 0.3) is 11.1 Å². The summed E-state index contributed by atoms with van der Waals surface area (Å²) >= 11 is 0. The van der Waals surface area contributed by atoms with Crippen LogP contribution in [0.2, 0.25) is 0 Å². The van der Waals surface area contributed by atoms with Crippen LogP contribution in [0, 0.1) is 5.41 Å². The lowest BCUT2D eigenvalue weighted by atomic mass is 9.85. The fraction of sp³-hybridized carbons (Fsp3) is 0.423. The molecule has 8 nitrogen and oxygen atoms in total. The van der Waals surface area contributed by atoms with Crippen molar-refractivity contribution < 1.29 is 29.0 Å². The number of nitrogens with one attached hydrogen (secondary N) is 2. The molecule has 0 spiro atoms.